The first-order valence-corrected chi connectivity index (χ1v) is 8.22. The van der Waals surface area contributed by atoms with Gasteiger partial charge >= 0.3 is 0 Å². The molecule has 4 nitrogen and oxygen atoms in total. The Hall–Kier alpha value is -1.07. The molecule has 1 saturated carbocycles. The highest BCUT2D eigenvalue weighted by molar-refractivity contribution is 8.00. The Morgan fingerprint density at radius 1 is 1.40 bits per heavy atom. The number of nitrogens with zero attached hydrogens (tertiary/aromatic N) is 1. The van der Waals surface area contributed by atoms with Gasteiger partial charge in [-0.3, -0.25) is 10.1 Å². The third kappa shape index (κ3) is 4.21. The van der Waals surface area contributed by atoms with E-state index in [2.05, 4.69) is 12.2 Å². The molecule has 0 bridgehead atoms. The first-order valence-electron chi connectivity index (χ1n) is 7.34. The van der Waals surface area contributed by atoms with Crippen molar-refractivity contribution < 1.29 is 4.92 Å². The Morgan fingerprint density at radius 3 is 2.95 bits per heavy atom. The molecule has 0 radical (unpaired) electrons. The number of nitro benzene ring substituents is 1. The summed E-state index contributed by atoms with van der Waals surface area (Å²) in [4.78, 5) is 11.6. The maximum atomic E-state index is 11.0. The summed E-state index contributed by atoms with van der Waals surface area (Å²) < 4.78 is 0. The van der Waals surface area contributed by atoms with Gasteiger partial charge in [-0.15, -0.1) is 11.8 Å². The fourth-order valence-electron chi connectivity index (χ4n) is 2.67. The SMILES string of the molecule is CCCNC1CCCC(Sc2ccccc2[N+](=O)[O-])C1. The van der Waals surface area contributed by atoms with E-state index in [1.807, 2.05) is 12.1 Å². The Balaban J connectivity index is 1.97. The molecule has 1 aliphatic carbocycles. The van der Waals surface area contributed by atoms with Crippen molar-refractivity contribution in [3.8, 4) is 0 Å². The smallest absolute Gasteiger partial charge is 0.282 e. The normalized spacial score (nSPS) is 22.6. The van der Waals surface area contributed by atoms with Crippen LogP contribution in [0.4, 0.5) is 5.69 Å². The Labute approximate surface area is 124 Å². The van der Waals surface area contributed by atoms with E-state index in [4.69, 9.17) is 0 Å². The average molecular weight is 294 g/mol. The second kappa shape index (κ2) is 7.64. The lowest BCUT2D eigenvalue weighted by Crippen LogP contribution is -2.35. The third-order valence-electron chi connectivity index (χ3n) is 3.66. The molecular formula is C15H22N2O2S. The van der Waals surface area contributed by atoms with Gasteiger partial charge in [-0.05, 0) is 38.3 Å². The molecule has 0 aromatic heterocycles. The van der Waals surface area contributed by atoms with Crippen LogP contribution in [0.1, 0.15) is 39.0 Å². The number of hydrogen-bond acceptors (Lipinski definition) is 4. The summed E-state index contributed by atoms with van der Waals surface area (Å²) in [6.45, 7) is 3.24. The highest BCUT2D eigenvalue weighted by Gasteiger charge is 2.24. The van der Waals surface area contributed by atoms with E-state index in [1.54, 1.807) is 23.9 Å². The minimum absolute atomic E-state index is 0.237. The zero-order chi connectivity index (χ0) is 14.4. The fraction of sp³-hybridized carbons (Fsp3) is 0.600. The van der Waals surface area contributed by atoms with Crippen LogP contribution in [0.25, 0.3) is 0 Å². The fourth-order valence-corrected chi connectivity index (χ4v) is 4.07. The molecule has 0 heterocycles. The lowest BCUT2D eigenvalue weighted by molar-refractivity contribution is -0.387. The number of benzene rings is 1. The van der Waals surface area contributed by atoms with Gasteiger partial charge in [-0.2, -0.15) is 0 Å². The van der Waals surface area contributed by atoms with Crippen LogP contribution in [-0.2, 0) is 0 Å². The topological polar surface area (TPSA) is 55.2 Å². The first-order chi connectivity index (χ1) is 9.70. The predicted molar refractivity (Wildman–Crippen MR) is 83.3 cm³/mol. The zero-order valence-corrected chi connectivity index (χ0v) is 12.7. The van der Waals surface area contributed by atoms with Crippen LogP contribution >= 0.6 is 11.8 Å². The van der Waals surface area contributed by atoms with Gasteiger partial charge in [-0.25, -0.2) is 0 Å². The van der Waals surface area contributed by atoms with Crippen molar-refractivity contribution in [3.05, 3.63) is 34.4 Å². The van der Waals surface area contributed by atoms with Crippen LogP contribution in [0, 0.1) is 10.1 Å². The molecule has 110 valence electrons. The molecule has 0 spiro atoms. The first kappa shape index (κ1) is 15.3. The molecule has 2 unspecified atom stereocenters. The highest BCUT2D eigenvalue weighted by atomic mass is 32.2. The van der Waals surface area contributed by atoms with Crippen LogP contribution < -0.4 is 5.32 Å². The van der Waals surface area contributed by atoms with Crippen LogP contribution in [-0.4, -0.2) is 22.8 Å². The minimum Gasteiger partial charge on any atom is -0.314 e. The van der Waals surface area contributed by atoms with E-state index < -0.39 is 0 Å². The quantitative estimate of drug-likeness (QED) is 0.636. The molecule has 1 fully saturated rings. The average Bonchev–Trinajstić information content (AvgIpc) is 2.46. The molecule has 1 aromatic rings. The van der Waals surface area contributed by atoms with Gasteiger partial charge in [-0.1, -0.05) is 25.5 Å². The van der Waals surface area contributed by atoms with Crippen molar-refractivity contribution in [2.75, 3.05) is 6.54 Å². The monoisotopic (exact) mass is 294 g/mol. The summed E-state index contributed by atoms with van der Waals surface area (Å²) >= 11 is 1.68. The highest BCUT2D eigenvalue weighted by Crippen LogP contribution is 2.37. The molecule has 0 amide bonds. The lowest BCUT2D eigenvalue weighted by Gasteiger charge is -2.29. The van der Waals surface area contributed by atoms with Crippen molar-refractivity contribution in [1.29, 1.82) is 0 Å². The van der Waals surface area contributed by atoms with Crippen LogP contribution in [0.15, 0.2) is 29.2 Å². The van der Waals surface area contributed by atoms with Gasteiger partial charge in [0.25, 0.3) is 5.69 Å². The summed E-state index contributed by atoms with van der Waals surface area (Å²) in [5.41, 5.74) is 0.237. The van der Waals surface area contributed by atoms with Crippen molar-refractivity contribution in [3.63, 3.8) is 0 Å². The second-order valence-corrected chi connectivity index (χ2v) is 6.62. The molecule has 1 aromatic carbocycles. The minimum atomic E-state index is -0.280. The number of nitrogens with one attached hydrogen (secondary N) is 1. The summed E-state index contributed by atoms with van der Waals surface area (Å²) in [5, 5.41) is 15.1. The number of para-hydroxylation sites is 1. The maximum Gasteiger partial charge on any atom is 0.282 e. The van der Waals surface area contributed by atoms with E-state index in [0.29, 0.717) is 11.3 Å². The maximum absolute atomic E-state index is 11.0. The molecule has 0 aliphatic heterocycles. The molecule has 1 N–H and O–H groups in total. The standard InChI is InChI=1S/C15H22N2O2S/c1-2-10-16-12-6-5-7-13(11-12)20-15-9-4-3-8-14(15)17(18)19/h3-4,8-9,12-13,16H,2,5-7,10-11H2,1H3. The van der Waals surface area contributed by atoms with Crippen LogP contribution in [0.3, 0.4) is 0 Å². The number of hydrogen-bond donors (Lipinski definition) is 1. The molecule has 5 heteroatoms. The van der Waals surface area contributed by atoms with Crippen LogP contribution in [0.5, 0.6) is 0 Å². The molecule has 2 rings (SSSR count). The largest absolute Gasteiger partial charge is 0.314 e. The number of rotatable bonds is 6. The van der Waals surface area contributed by atoms with Crippen molar-refractivity contribution in [2.45, 2.75) is 55.2 Å². The van der Waals surface area contributed by atoms with E-state index in [9.17, 15) is 10.1 Å². The Kier molecular flexibility index (Phi) is 5.86. The van der Waals surface area contributed by atoms with E-state index >= 15 is 0 Å². The van der Waals surface area contributed by atoms with Crippen molar-refractivity contribution in [1.82, 2.24) is 5.32 Å². The zero-order valence-electron chi connectivity index (χ0n) is 11.9. The summed E-state index contributed by atoms with van der Waals surface area (Å²) in [6, 6.07) is 7.65. The van der Waals surface area contributed by atoms with Gasteiger partial charge < -0.3 is 5.32 Å². The van der Waals surface area contributed by atoms with Crippen molar-refractivity contribution >= 4 is 17.4 Å². The Bertz CT molecular complexity index is 453. The van der Waals surface area contributed by atoms with E-state index in [0.717, 1.165) is 30.7 Å². The molecule has 20 heavy (non-hydrogen) atoms. The van der Waals surface area contributed by atoms with Crippen molar-refractivity contribution in [2.24, 2.45) is 0 Å². The molecule has 0 saturated heterocycles. The predicted octanol–water partition coefficient (Wildman–Crippen LogP) is 4.00. The molecule has 2 atom stereocenters. The lowest BCUT2D eigenvalue weighted by atomic mass is 9.95. The number of thioether (sulfide) groups is 1. The Morgan fingerprint density at radius 2 is 2.20 bits per heavy atom. The summed E-state index contributed by atoms with van der Waals surface area (Å²) in [5.74, 6) is 0. The van der Waals surface area contributed by atoms with Gasteiger partial charge in [0.05, 0.1) is 9.82 Å². The van der Waals surface area contributed by atoms with Gasteiger partial charge in [0, 0.05) is 17.4 Å². The van der Waals surface area contributed by atoms with Gasteiger partial charge in [0.2, 0.25) is 0 Å². The molecular weight excluding hydrogens is 272 g/mol. The number of nitro groups is 1. The third-order valence-corrected chi connectivity index (χ3v) is 5.03. The van der Waals surface area contributed by atoms with E-state index in [-0.39, 0.29) is 10.6 Å². The second-order valence-electron chi connectivity index (χ2n) is 5.28. The van der Waals surface area contributed by atoms with Gasteiger partial charge in [0.15, 0.2) is 0 Å². The summed E-state index contributed by atoms with van der Waals surface area (Å²) in [7, 11) is 0. The van der Waals surface area contributed by atoms with Crippen LogP contribution in [0.2, 0.25) is 0 Å². The summed E-state index contributed by atoms with van der Waals surface area (Å²) in [6.07, 6.45) is 5.85. The molecule has 1 aliphatic rings. The van der Waals surface area contributed by atoms with E-state index in [1.165, 1.54) is 12.8 Å². The van der Waals surface area contributed by atoms with Gasteiger partial charge in [0.1, 0.15) is 0 Å².